The number of carbonyl (C=O) groups excluding carboxylic acids is 3. The number of nitrogens with zero attached hydrogens (tertiary/aromatic N) is 3. The van der Waals surface area contributed by atoms with E-state index >= 15 is 0 Å². The molecule has 0 spiro atoms. The molecular weight excluding hydrogens is 601 g/mol. The van der Waals surface area contributed by atoms with Gasteiger partial charge in [0.1, 0.15) is 30.0 Å². The first-order chi connectivity index (χ1) is 20.2. The zero-order valence-electron chi connectivity index (χ0n) is 22.1. The highest BCUT2D eigenvalue weighted by atomic mass is 32.8. The second-order valence-electron chi connectivity index (χ2n) is 9.28. The first-order valence-electron chi connectivity index (χ1n) is 12.6. The lowest BCUT2D eigenvalue weighted by Gasteiger charge is -2.54. The molecule has 11 nitrogen and oxygen atoms in total. The number of fused-ring (bicyclic) bond motifs is 1. The zero-order valence-corrected chi connectivity index (χ0v) is 24.6. The summed E-state index contributed by atoms with van der Waals surface area (Å²) < 4.78 is 11.8. The van der Waals surface area contributed by atoms with Crippen molar-refractivity contribution in [2.24, 2.45) is 0 Å². The number of nitrogens with one attached hydrogen (secondary N) is 1. The first kappa shape index (κ1) is 29.2. The maximum atomic E-state index is 13.8. The van der Waals surface area contributed by atoms with Crippen LogP contribution < -0.4 is 10.1 Å². The number of thiazole rings is 1. The second-order valence-corrected chi connectivity index (χ2v) is 13.4. The summed E-state index contributed by atoms with van der Waals surface area (Å²) in [7, 11) is -1.09. The zero-order chi connectivity index (χ0) is 29.9. The summed E-state index contributed by atoms with van der Waals surface area (Å²) in [6.45, 7) is -0.880. The normalized spacial score (nSPS) is 18.6. The highest BCUT2D eigenvalue weighted by Crippen LogP contribution is 2.47. The molecule has 2 amide bonds. The number of para-hydroxylation sites is 2. The molecule has 1 aliphatic heterocycles. The fourth-order valence-electron chi connectivity index (χ4n) is 4.52. The van der Waals surface area contributed by atoms with E-state index in [0.717, 1.165) is 4.70 Å². The van der Waals surface area contributed by atoms with Gasteiger partial charge < -0.3 is 19.7 Å². The average molecular weight is 625 g/mol. The lowest BCUT2D eigenvalue weighted by atomic mass is 9.94. The van der Waals surface area contributed by atoms with E-state index in [9.17, 15) is 24.5 Å². The van der Waals surface area contributed by atoms with Gasteiger partial charge in [-0.25, -0.2) is 4.98 Å². The largest absolute Gasteiger partial charge is 0.484 e. The summed E-state index contributed by atoms with van der Waals surface area (Å²) in [5, 5.41) is 14.2. The number of ether oxygens (including phenoxy) is 2. The van der Waals surface area contributed by atoms with E-state index in [2.05, 4.69) is 5.32 Å². The molecule has 0 bridgehead atoms. The Bertz CT molecular complexity index is 1650. The monoisotopic (exact) mass is 624 g/mol. The maximum Gasteiger partial charge on any atom is 0.326 e. The predicted octanol–water partition coefficient (Wildman–Crippen LogP) is 3.43. The van der Waals surface area contributed by atoms with E-state index in [1.807, 2.05) is 30.3 Å². The smallest absolute Gasteiger partial charge is 0.326 e. The summed E-state index contributed by atoms with van der Waals surface area (Å²) in [4.78, 5) is 54.6. The van der Waals surface area contributed by atoms with E-state index in [1.165, 1.54) is 40.5 Å². The van der Waals surface area contributed by atoms with E-state index < -0.39 is 49.6 Å². The summed E-state index contributed by atoms with van der Waals surface area (Å²) >= 11 is 6.99. The molecule has 0 aliphatic carbocycles. The van der Waals surface area contributed by atoms with Crippen LogP contribution in [-0.2, 0) is 46.4 Å². The van der Waals surface area contributed by atoms with Crippen molar-refractivity contribution in [2.45, 2.75) is 17.5 Å². The van der Waals surface area contributed by atoms with E-state index in [-0.39, 0.29) is 18.9 Å². The Kier molecular flexibility index (Phi) is 8.56. The van der Waals surface area contributed by atoms with Gasteiger partial charge in [-0.3, -0.25) is 24.5 Å². The molecule has 14 heteroatoms. The molecule has 1 aliphatic rings. The van der Waals surface area contributed by atoms with Crippen molar-refractivity contribution in [2.75, 3.05) is 19.4 Å². The molecule has 3 atom stereocenters. The Morgan fingerprint density at radius 3 is 2.48 bits per heavy atom. The van der Waals surface area contributed by atoms with Crippen molar-refractivity contribution in [3.8, 4) is 5.75 Å². The molecular formula is C28H24N4O7S3. The van der Waals surface area contributed by atoms with Crippen LogP contribution in [0, 0.1) is 10.1 Å². The van der Waals surface area contributed by atoms with Crippen molar-refractivity contribution in [1.82, 2.24) is 15.2 Å². The first-order valence-corrected chi connectivity index (χ1v) is 15.9. The number of rotatable bonds is 11. The molecule has 2 heterocycles. The van der Waals surface area contributed by atoms with Crippen molar-refractivity contribution in [1.29, 1.82) is 0 Å². The van der Waals surface area contributed by atoms with Crippen molar-refractivity contribution >= 4 is 65.7 Å². The van der Waals surface area contributed by atoms with Gasteiger partial charge in [-0.05, 0) is 59.4 Å². The third-order valence-electron chi connectivity index (χ3n) is 6.56. The van der Waals surface area contributed by atoms with Crippen LogP contribution >= 0.6 is 11.3 Å². The summed E-state index contributed by atoms with van der Waals surface area (Å²) in [6, 6.07) is 21.0. The number of esters is 1. The van der Waals surface area contributed by atoms with E-state index in [0.29, 0.717) is 21.8 Å². The van der Waals surface area contributed by atoms with Crippen molar-refractivity contribution in [3.63, 3.8) is 0 Å². The number of carbonyl (C=O) groups is 3. The Balaban J connectivity index is 1.36. The molecule has 1 saturated heterocycles. The van der Waals surface area contributed by atoms with Gasteiger partial charge >= 0.3 is 5.97 Å². The Hall–Kier alpha value is -4.27. The minimum Gasteiger partial charge on any atom is -0.484 e. The van der Waals surface area contributed by atoms with Gasteiger partial charge in [0.05, 0.1) is 15.1 Å². The van der Waals surface area contributed by atoms with E-state index in [4.69, 9.17) is 25.6 Å². The number of β-lactam (4-membered cyclic amide) rings is 1. The second kappa shape index (κ2) is 12.3. The van der Waals surface area contributed by atoms with Crippen molar-refractivity contribution < 1.29 is 28.8 Å². The number of benzene rings is 3. The van der Waals surface area contributed by atoms with Crippen LogP contribution in [0.5, 0.6) is 5.75 Å². The number of aromatic nitrogens is 1. The number of hydrogen-bond acceptors (Lipinski definition) is 10. The molecule has 4 aromatic rings. The third kappa shape index (κ3) is 5.86. The van der Waals surface area contributed by atoms with Crippen molar-refractivity contribution in [3.05, 3.63) is 99.5 Å². The van der Waals surface area contributed by atoms with Gasteiger partial charge in [0.2, 0.25) is 0 Å². The van der Waals surface area contributed by atoms with Crippen LogP contribution in [0.1, 0.15) is 16.6 Å². The highest BCUT2D eigenvalue weighted by Gasteiger charge is 2.65. The summed E-state index contributed by atoms with van der Waals surface area (Å²) in [5.74, 6) is -1.26. The van der Waals surface area contributed by atoms with Gasteiger partial charge in [-0.2, -0.15) is 0 Å². The molecule has 3 aromatic carbocycles. The molecule has 1 fully saturated rings. The SMILES string of the molecule is CS(=S)C1(NC(=O)COc2ccccc2)C(=O)N(CC(=O)OCc2ccc([N+](=O)[O-])cc2)C1c1nc2ccccc2s1. The van der Waals surface area contributed by atoms with Crippen LogP contribution in [0.25, 0.3) is 10.2 Å². The number of likely N-dealkylation sites (tertiary alicyclic amines) is 1. The molecule has 0 saturated carbocycles. The number of nitro groups is 1. The molecule has 1 aromatic heterocycles. The van der Waals surface area contributed by atoms with Gasteiger partial charge in [-0.1, -0.05) is 39.8 Å². The highest BCUT2D eigenvalue weighted by molar-refractivity contribution is 8.29. The minimum absolute atomic E-state index is 0.0821. The molecule has 42 heavy (non-hydrogen) atoms. The number of nitro benzene ring substituents is 1. The molecule has 5 rings (SSSR count). The van der Waals surface area contributed by atoms with Gasteiger partial charge in [0.15, 0.2) is 11.5 Å². The standard InChI is InChI=1S/C28H24N4O7S3/c1-42(40)28(30-23(33)17-38-20-7-3-2-4-8-20)25(26-29-21-9-5-6-10-22(21)41-26)31(27(28)35)15-24(34)39-16-18-11-13-19(14-12-18)32(36)37/h2-14,25H,15-17H2,1H3,(H,30,33). The van der Waals surface area contributed by atoms with Crippen LogP contribution in [0.3, 0.4) is 0 Å². The topological polar surface area (TPSA) is 141 Å². The minimum atomic E-state index is -1.51. The summed E-state index contributed by atoms with van der Waals surface area (Å²) in [6.07, 6.45) is 1.68. The molecule has 3 unspecified atom stereocenters. The fourth-order valence-corrected chi connectivity index (χ4v) is 7.53. The Morgan fingerprint density at radius 1 is 1.12 bits per heavy atom. The number of amides is 2. The molecule has 1 N–H and O–H groups in total. The molecule has 216 valence electrons. The quantitative estimate of drug-likeness (QED) is 0.115. The average Bonchev–Trinajstić information content (AvgIpc) is 3.41. The predicted molar refractivity (Wildman–Crippen MR) is 160 cm³/mol. The van der Waals surface area contributed by atoms with Crippen LogP contribution in [0.15, 0.2) is 78.9 Å². The fraction of sp³-hybridized carbons (Fsp3) is 0.214. The van der Waals surface area contributed by atoms with Crippen LogP contribution in [0.4, 0.5) is 5.69 Å². The van der Waals surface area contributed by atoms with Crippen LogP contribution in [0.2, 0.25) is 0 Å². The van der Waals surface area contributed by atoms with Gasteiger partial charge in [0, 0.05) is 12.1 Å². The summed E-state index contributed by atoms with van der Waals surface area (Å²) in [5.41, 5.74) is 1.18. The lowest BCUT2D eigenvalue weighted by molar-refractivity contribution is -0.384. The Morgan fingerprint density at radius 2 is 1.81 bits per heavy atom. The third-order valence-corrected chi connectivity index (χ3v) is 9.84. The van der Waals surface area contributed by atoms with Gasteiger partial charge in [0.25, 0.3) is 17.5 Å². The van der Waals surface area contributed by atoms with E-state index in [1.54, 1.807) is 30.5 Å². The number of hydrogen-bond donors (Lipinski definition) is 1. The molecule has 0 radical (unpaired) electrons. The Labute approximate surface area is 251 Å². The lowest BCUT2D eigenvalue weighted by Crippen LogP contribution is -2.77. The maximum absolute atomic E-state index is 13.8. The van der Waals surface area contributed by atoms with Crippen LogP contribution in [-0.4, -0.2) is 56.9 Å². The van der Waals surface area contributed by atoms with Gasteiger partial charge in [-0.15, -0.1) is 11.3 Å². The number of non-ortho nitro benzene ring substituents is 1.